The van der Waals surface area contributed by atoms with E-state index in [2.05, 4.69) is 183 Å². The van der Waals surface area contributed by atoms with Gasteiger partial charge in [0.15, 0.2) is 0 Å². The first kappa shape index (κ1) is 30.2. The first-order valence-electron chi connectivity index (χ1n) is 18.0. The van der Waals surface area contributed by atoms with E-state index in [9.17, 15) is 0 Å². The van der Waals surface area contributed by atoms with Gasteiger partial charge in [-0.15, -0.1) is 11.3 Å². The van der Waals surface area contributed by atoms with E-state index in [0.717, 1.165) is 12.1 Å². The Kier molecular flexibility index (Phi) is 6.75. The number of anilines is 3. The van der Waals surface area contributed by atoms with Crippen molar-refractivity contribution >= 4 is 70.1 Å². The molecule has 8 aromatic carbocycles. The lowest BCUT2D eigenvalue weighted by molar-refractivity contribution is 0.661. The molecule has 244 valence electrons. The molecule has 0 N–H and O–H groups in total. The van der Waals surface area contributed by atoms with E-state index in [4.69, 9.17) is 0 Å². The zero-order valence-corrected chi connectivity index (χ0v) is 29.9. The first-order chi connectivity index (χ1) is 25.0. The van der Waals surface area contributed by atoms with Crippen molar-refractivity contribution in [2.45, 2.75) is 32.6 Å². The third-order valence-corrected chi connectivity index (χ3v) is 12.4. The van der Waals surface area contributed by atoms with E-state index in [1.54, 1.807) is 0 Å². The molecule has 0 atom stereocenters. The molecule has 0 spiro atoms. The Morgan fingerprint density at radius 2 is 1.27 bits per heavy atom. The van der Waals surface area contributed by atoms with Crippen molar-refractivity contribution in [1.29, 1.82) is 0 Å². The topological polar surface area (TPSA) is 3.24 Å². The summed E-state index contributed by atoms with van der Waals surface area (Å²) in [6.45, 7) is 7.10. The Morgan fingerprint density at radius 3 is 2.14 bits per heavy atom. The standard InChI is InChI=1S/C49H37NS/c1-4-31-21-25-37-41(27-31)47-40-26-24-35(34-23-22-32-13-8-9-14-33(32)28-34)29-42(40)49(2,3)43(47)30-45(37)50(36-15-6-5-7-16-36)44-19-12-18-39-38-17-10-11-20-46(38)51-48(39)44/h5-30H,4H2,1-3H3. The molecule has 9 aromatic rings. The van der Waals surface area contributed by atoms with Gasteiger partial charge in [-0.25, -0.2) is 0 Å². The van der Waals surface area contributed by atoms with Crippen LogP contribution in [0.1, 0.15) is 37.5 Å². The van der Waals surface area contributed by atoms with Gasteiger partial charge in [-0.3, -0.25) is 0 Å². The van der Waals surface area contributed by atoms with Crippen molar-refractivity contribution in [3.05, 3.63) is 174 Å². The van der Waals surface area contributed by atoms with Crippen LogP contribution in [0.15, 0.2) is 158 Å². The number of nitrogens with zero attached hydrogens (tertiary/aromatic N) is 1. The molecule has 2 heteroatoms. The van der Waals surface area contributed by atoms with Crippen LogP contribution in [0.3, 0.4) is 0 Å². The van der Waals surface area contributed by atoms with E-state index >= 15 is 0 Å². The molecule has 1 aromatic heterocycles. The second-order valence-corrected chi connectivity index (χ2v) is 15.5. The molecule has 0 aliphatic heterocycles. The van der Waals surface area contributed by atoms with Crippen molar-refractivity contribution in [1.82, 2.24) is 0 Å². The van der Waals surface area contributed by atoms with E-state index in [1.165, 1.54) is 92.0 Å². The summed E-state index contributed by atoms with van der Waals surface area (Å²) in [6.07, 6.45) is 0.996. The minimum Gasteiger partial charge on any atom is -0.308 e. The SMILES string of the molecule is CCc1ccc2c(N(c3ccccc3)c3cccc4c3sc3ccccc34)cc3c(c2c1)-c1ccc(-c2ccc4ccccc4c2)cc1C3(C)C. The van der Waals surface area contributed by atoms with Gasteiger partial charge in [0.25, 0.3) is 0 Å². The molecule has 0 amide bonds. The van der Waals surface area contributed by atoms with E-state index in [1.807, 2.05) is 11.3 Å². The van der Waals surface area contributed by atoms with Crippen molar-refractivity contribution in [3.8, 4) is 22.3 Å². The van der Waals surface area contributed by atoms with Crippen LogP contribution >= 0.6 is 11.3 Å². The quantitative estimate of drug-likeness (QED) is 0.176. The normalized spacial score (nSPS) is 13.2. The largest absolute Gasteiger partial charge is 0.308 e. The molecule has 0 unspecified atom stereocenters. The number of para-hydroxylation sites is 1. The van der Waals surface area contributed by atoms with Gasteiger partial charge in [-0.1, -0.05) is 136 Å². The van der Waals surface area contributed by atoms with Gasteiger partial charge < -0.3 is 4.90 Å². The molecule has 0 saturated carbocycles. The van der Waals surface area contributed by atoms with Crippen LogP contribution in [-0.4, -0.2) is 0 Å². The van der Waals surface area contributed by atoms with Crippen LogP contribution < -0.4 is 4.90 Å². The molecule has 0 radical (unpaired) electrons. The van der Waals surface area contributed by atoms with Gasteiger partial charge in [0.2, 0.25) is 0 Å². The number of thiophene rings is 1. The summed E-state index contributed by atoms with van der Waals surface area (Å²) in [6, 6.07) is 58.9. The fraction of sp³-hybridized carbons (Fsp3) is 0.102. The smallest absolute Gasteiger partial charge is 0.0640 e. The molecule has 0 saturated heterocycles. The lowest BCUT2D eigenvalue weighted by Gasteiger charge is -2.30. The summed E-state index contributed by atoms with van der Waals surface area (Å²) in [5.41, 5.74) is 12.8. The van der Waals surface area contributed by atoms with Gasteiger partial charge in [0, 0.05) is 32.0 Å². The number of fused-ring (bicyclic) bond motifs is 9. The summed E-state index contributed by atoms with van der Waals surface area (Å²) in [5, 5.41) is 7.77. The summed E-state index contributed by atoms with van der Waals surface area (Å²) in [4.78, 5) is 2.52. The molecule has 0 fully saturated rings. The van der Waals surface area contributed by atoms with Crippen LogP contribution in [0.2, 0.25) is 0 Å². The maximum atomic E-state index is 2.52. The van der Waals surface area contributed by atoms with E-state index in [-0.39, 0.29) is 5.41 Å². The lowest BCUT2D eigenvalue weighted by atomic mass is 9.80. The highest BCUT2D eigenvalue weighted by atomic mass is 32.1. The summed E-state index contributed by atoms with van der Waals surface area (Å²) < 4.78 is 2.63. The van der Waals surface area contributed by atoms with E-state index < -0.39 is 0 Å². The average molecular weight is 672 g/mol. The molecule has 1 aliphatic rings. The number of hydrogen-bond donors (Lipinski definition) is 0. The minimum atomic E-state index is -0.200. The first-order valence-corrected chi connectivity index (χ1v) is 18.8. The molecule has 1 aliphatic carbocycles. The molecule has 1 heterocycles. The van der Waals surface area contributed by atoms with Crippen molar-refractivity contribution in [3.63, 3.8) is 0 Å². The lowest BCUT2D eigenvalue weighted by Crippen LogP contribution is -2.17. The van der Waals surface area contributed by atoms with Gasteiger partial charge in [-0.2, -0.15) is 0 Å². The third-order valence-electron chi connectivity index (χ3n) is 11.2. The van der Waals surface area contributed by atoms with Crippen LogP contribution in [0.25, 0.3) is 64.0 Å². The van der Waals surface area contributed by atoms with Gasteiger partial charge >= 0.3 is 0 Å². The predicted molar refractivity (Wildman–Crippen MR) is 221 cm³/mol. The second-order valence-electron chi connectivity index (χ2n) is 14.4. The monoisotopic (exact) mass is 671 g/mol. The summed E-state index contributed by atoms with van der Waals surface area (Å²) >= 11 is 1.89. The third kappa shape index (κ3) is 4.60. The highest BCUT2D eigenvalue weighted by Crippen LogP contribution is 2.56. The average Bonchev–Trinajstić information content (AvgIpc) is 3.67. The molecule has 1 nitrogen and oxygen atoms in total. The number of hydrogen-bond acceptors (Lipinski definition) is 2. The zero-order valence-electron chi connectivity index (χ0n) is 29.1. The Morgan fingerprint density at radius 1 is 0.529 bits per heavy atom. The Labute approximate surface area is 303 Å². The Hall–Kier alpha value is -5.70. The predicted octanol–water partition coefficient (Wildman–Crippen LogP) is 14.4. The molecular formula is C49H37NS. The van der Waals surface area contributed by atoms with Crippen LogP contribution in [0, 0.1) is 0 Å². The maximum absolute atomic E-state index is 2.52. The molecule has 10 rings (SSSR count). The Balaban J connectivity index is 1.24. The fourth-order valence-corrected chi connectivity index (χ4v) is 9.71. The number of rotatable bonds is 5. The molecular weight excluding hydrogens is 635 g/mol. The van der Waals surface area contributed by atoms with Gasteiger partial charge in [0.1, 0.15) is 0 Å². The molecule has 51 heavy (non-hydrogen) atoms. The summed E-state index contributed by atoms with van der Waals surface area (Å²) in [7, 11) is 0. The van der Waals surface area contributed by atoms with Crippen molar-refractivity contribution in [2.75, 3.05) is 4.90 Å². The minimum absolute atomic E-state index is 0.200. The van der Waals surface area contributed by atoms with Crippen LogP contribution in [0.5, 0.6) is 0 Å². The van der Waals surface area contributed by atoms with Gasteiger partial charge in [-0.05, 0) is 104 Å². The number of benzene rings is 8. The van der Waals surface area contributed by atoms with Crippen LogP contribution in [-0.2, 0) is 11.8 Å². The Bertz CT molecular complexity index is 2820. The van der Waals surface area contributed by atoms with Crippen LogP contribution in [0.4, 0.5) is 17.1 Å². The van der Waals surface area contributed by atoms with Crippen molar-refractivity contribution < 1.29 is 0 Å². The highest BCUT2D eigenvalue weighted by Gasteiger charge is 2.38. The second kappa shape index (κ2) is 11.4. The zero-order chi connectivity index (χ0) is 34.3. The fourth-order valence-electron chi connectivity index (χ4n) is 8.51. The summed E-state index contributed by atoms with van der Waals surface area (Å²) in [5.74, 6) is 0. The number of aryl methyl sites for hydroxylation is 1. The maximum Gasteiger partial charge on any atom is 0.0640 e. The highest BCUT2D eigenvalue weighted by molar-refractivity contribution is 7.26. The molecule has 0 bridgehead atoms. The van der Waals surface area contributed by atoms with Crippen molar-refractivity contribution in [2.24, 2.45) is 0 Å². The van der Waals surface area contributed by atoms with Gasteiger partial charge in [0.05, 0.1) is 16.1 Å². The van der Waals surface area contributed by atoms with E-state index in [0.29, 0.717) is 0 Å².